The molecule has 160 valence electrons. The van der Waals surface area contributed by atoms with Crippen LogP contribution in [0.4, 0.5) is 0 Å². The lowest BCUT2D eigenvalue weighted by Crippen LogP contribution is -2.28. The quantitative estimate of drug-likeness (QED) is 0.441. The Bertz CT molecular complexity index is 1130. The maximum atomic E-state index is 12.3. The molecule has 2 aromatic heterocycles. The largest absolute Gasteiger partial charge is 0.356 e. The van der Waals surface area contributed by atoms with E-state index >= 15 is 0 Å². The predicted octanol–water partition coefficient (Wildman–Crippen LogP) is 2.09. The van der Waals surface area contributed by atoms with Gasteiger partial charge < -0.3 is 16.1 Å². The number of aromatic nitrogens is 2. The van der Waals surface area contributed by atoms with Crippen molar-refractivity contribution in [3.63, 3.8) is 0 Å². The number of benzene rings is 1. The Kier molecular flexibility index (Phi) is 5.99. The fourth-order valence-corrected chi connectivity index (χ4v) is 3.59. The Morgan fingerprint density at radius 1 is 1.06 bits per heavy atom. The Morgan fingerprint density at radius 2 is 1.81 bits per heavy atom. The molecule has 4 rings (SSSR count). The fraction of sp³-hybridized carbons (Fsp3) is 0.261. The highest BCUT2D eigenvalue weighted by Gasteiger charge is 2.17. The van der Waals surface area contributed by atoms with Gasteiger partial charge in [0.2, 0.25) is 5.91 Å². The molecule has 8 heteroatoms. The normalized spacial score (nSPS) is 15.4. The molecule has 1 aromatic carbocycles. The van der Waals surface area contributed by atoms with E-state index < -0.39 is 0 Å². The number of fused-ring (bicyclic) bond motifs is 1. The SMILES string of the molecule is CC(=O)NCCCNC(=O)c1ccc(-c2cnc3ccc(C4=CNNC4C)cn23)cc1. The summed E-state index contributed by atoms with van der Waals surface area (Å²) in [6.45, 7) is 4.64. The second-order valence-corrected chi connectivity index (χ2v) is 7.57. The van der Waals surface area contributed by atoms with Gasteiger partial charge in [0.15, 0.2) is 0 Å². The molecule has 0 saturated heterocycles. The van der Waals surface area contributed by atoms with Crippen LogP contribution in [-0.4, -0.2) is 40.3 Å². The predicted molar refractivity (Wildman–Crippen MR) is 120 cm³/mol. The number of pyridine rings is 1. The second-order valence-electron chi connectivity index (χ2n) is 7.57. The summed E-state index contributed by atoms with van der Waals surface area (Å²) in [4.78, 5) is 27.7. The lowest BCUT2D eigenvalue weighted by molar-refractivity contribution is -0.118. The van der Waals surface area contributed by atoms with E-state index in [0.717, 1.165) is 22.5 Å². The van der Waals surface area contributed by atoms with E-state index in [2.05, 4.69) is 50.1 Å². The molecule has 2 amide bonds. The van der Waals surface area contributed by atoms with Crippen LogP contribution in [0.15, 0.2) is 55.0 Å². The van der Waals surface area contributed by atoms with Crippen molar-refractivity contribution in [3.8, 4) is 11.3 Å². The average molecular weight is 419 g/mol. The minimum atomic E-state index is -0.128. The molecule has 3 aromatic rings. The summed E-state index contributed by atoms with van der Waals surface area (Å²) in [5, 5.41) is 5.59. The smallest absolute Gasteiger partial charge is 0.251 e. The van der Waals surface area contributed by atoms with Crippen LogP contribution in [0.5, 0.6) is 0 Å². The zero-order valence-corrected chi connectivity index (χ0v) is 17.6. The molecule has 1 unspecified atom stereocenters. The lowest BCUT2D eigenvalue weighted by Gasteiger charge is -2.10. The van der Waals surface area contributed by atoms with Crippen molar-refractivity contribution in [2.45, 2.75) is 26.3 Å². The number of carbonyl (C=O) groups is 2. The number of amides is 2. The van der Waals surface area contributed by atoms with Crippen molar-refractivity contribution in [1.82, 2.24) is 30.9 Å². The van der Waals surface area contributed by atoms with E-state index in [1.54, 1.807) is 0 Å². The van der Waals surface area contributed by atoms with Gasteiger partial charge in [0, 0.05) is 43.5 Å². The van der Waals surface area contributed by atoms with Crippen molar-refractivity contribution in [2.24, 2.45) is 0 Å². The van der Waals surface area contributed by atoms with E-state index in [1.165, 1.54) is 12.5 Å². The van der Waals surface area contributed by atoms with Gasteiger partial charge in [-0.2, -0.15) is 0 Å². The van der Waals surface area contributed by atoms with Gasteiger partial charge in [-0.15, -0.1) is 0 Å². The first-order valence-electron chi connectivity index (χ1n) is 10.3. The molecule has 0 bridgehead atoms. The first-order valence-corrected chi connectivity index (χ1v) is 10.3. The van der Waals surface area contributed by atoms with Crippen LogP contribution in [0.2, 0.25) is 0 Å². The van der Waals surface area contributed by atoms with Gasteiger partial charge in [-0.05, 0) is 48.7 Å². The summed E-state index contributed by atoms with van der Waals surface area (Å²) in [5.41, 5.74) is 12.0. The summed E-state index contributed by atoms with van der Waals surface area (Å²) in [6, 6.07) is 11.8. The van der Waals surface area contributed by atoms with E-state index in [9.17, 15) is 9.59 Å². The zero-order chi connectivity index (χ0) is 21.8. The van der Waals surface area contributed by atoms with Crippen molar-refractivity contribution >= 4 is 23.0 Å². The highest BCUT2D eigenvalue weighted by molar-refractivity contribution is 5.94. The molecule has 1 aliphatic heterocycles. The van der Waals surface area contributed by atoms with Crippen molar-refractivity contribution in [3.05, 3.63) is 66.1 Å². The highest BCUT2D eigenvalue weighted by atomic mass is 16.2. The van der Waals surface area contributed by atoms with E-state index in [0.29, 0.717) is 25.1 Å². The Morgan fingerprint density at radius 3 is 2.52 bits per heavy atom. The molecule has 1 atom stereocenters. The average Bonchev–Trinajstić information content (AvgIpc) is 3.38. The van der Waals surface area contributed by atoms with Gasteiger partial charge in [0.1, 0.15) is 5.65 Å². The van der Waals surface area contributed by atoms with Crippen LogP contribution < -0.4 is 21.5 Å². The van der Waals surface area contributed by atoms with Crippen LogP contribution in [0.1, 0.15) is 36.2 Å². The summed E-state index contributed by atoms with van der Waals surface area (Å²) in [7, 11) is 0. The zero-order valence-electron chi connectivity index (χ0n) is 17.6. The van der Waals surface area contributed by atoms with Gasteiger partial charge in [-0.25, -0.2) is 10.4 Å². The molecule has 1 aliphatic rings. The van der Waals surface area contributed by atoms with Gasteiger partial charge in [0.05, 0.1) is 17.9 Å². The molecular formula is C23H26N6O2. The summed E-state index contributed by atoms with van der Waals surface area (Å²) < 4.78 is 2.07. The monoisotopic (exact) mass is 418 g/mol. The number of hydrogen-bond donors (Lipinski definition) is 4. The van der Waals surface area contributed by atoms with Crippen LogP contribution in [0.3, 0.4) is 0 Å². The summed E-state index contributed by atoms with van der Waals surface area (Å²) in [5.74, 6) is -0.193. The van der Waals surface area contributed by atoms with Gasteiger partial charge in [0.25, 0.3) is 5.91 Å². The molecule has 3 heterocycles. The number of nitrogens with zero attached hydrogens (tertiary/aromatic N) is 2. The third-order valence-corrected chi connectivity index (χ3v) is 5.29. The number of nitrogens with one attached hydrogen (secondary N) is 4. The van der Waals surface area contributed by atoms with E-state index in [4.69, 9.17) is 0 Å². The van der Waals surface area contributed by atoms with Crippen molar-refractivity contribution in [1.29, 1.82) is 0 Å². The number of carbonyl (C=O) groups excluding carboxylic acids is 2. The minimum absolute atomic E-state index is 0.0655. The number of imidazole rings is 1. The first kappa shape index (κ1) is 20.6. The van der Waals surface area contributed by atoms with Crippen LogP contribution in [0.25, 0.3) is 22.5 Å². The molecule has 0 spiro atoms. The van der Waals surface area contributed by atoms with E-state index in [1.807, 2.05) is 42.7 Å². The summed E-state index contributed by atoms with van der Waals surface area (Å²) >= 11 is 0. The topological polar surface area (TPSA) is 99.6 Å². The molecule has 4 N–H and O–H groups in total. The molecule has 8 nitrogen and oxygen atoms in total. The van der Waals surface area contributed by atoms with Gasteiger partial charge >= 0.3 is 0 Å². The lowest BCUT2D eigenvalue weighted by atomic mass is 10.0. The molecule has 0 fully saturated rings. The minimum Gasteiger partial charge on any atom is -0.356 e. The van der Waals surface area contributed by atoms with Crippen molar-refractivity contribution in [2.75, 3.05) is 13.1 Å². The highest BCUT2D eigenvalue weighted by Crippen LogP contribution is 2.25. The Labute approximate surface area is 180 Å². The van der Waals surface area contributed by atoms with Crippen LogP contribution >= 0.6 is 0 Å². The number of hydrazine groups is 1. The Balaban J connectivity index is 1.47. The standard InChI is InChI=1S/C23H26N6O2/c1-15-20(12-27-28-15)19-8-9-22-26-13-21(29(22)14-19)17-4-6-18(7-5-17)23(31)25-11-3-10-24-16(2)30/h4-9,12-15,27-28H,3,10-11H2,1-2H3,(H,24,30)(H,25,31). The van der Waals surface area contributed by atoms with Crippen molar-refractivity contribution < 1.29 is 9.59 Å². The Hall–Kier alpha value is -3.65. The third-order valence-electron chi connectivity index (χ3n) is 5.29. The molecular weight excluding hydrogens is 392 g/mol. The van der Waals surface area contributed by atoms with Crippen LogP contribution in [-0.2, 0) is 4.79 Å². The van der Waals surface area contributed by atoms with E-state index in [-0.39, 0.29) is 17.9 Å². The van der Waals surface area contributed by atoms with Gasteiger partial charge in [-0.1, -0.05) is 12.1 Å². The summed E-state index contributed by atoms with van der Waals surface area (Å²) in [6.07, 6.45) is 6.60. The first-order chi connectivity index (χ1) is 15.0. The number of hydrogen-bond acceptors (Lipinski definition) is 5. The fourth-order valence-electron chi connectivity index (χ4n) is 3.59. The maximum absolute atomic E-state index is 12.3. The molecule has 0 radical (unpaired) electrons. The molecule has 0 saturated carbocycles. The third kappa shape index (κ3) is 4.59. The molecule has 31 heavy (non-hydrogen) atoms. The second kappa shape index (κ2) is 9.01. The molecule has 0 aliphatic carbocycles. The number of rotatable bonds is 7. The maximum Gasteiger partial charge on any atom is 0.251 e. The van der Waals surface area contributed by atoms with Gasteiger partial charge in [-0.3, -0.25) is 14.0 Å². The van der Waals surface area contributed by atoms with Crippen LogP contribution in [0, 0.1) is 0 Å².